The molecule has 0 saturated carbocycles. The van der Waals surface area contributed by atoms with Gasteiger partial charge in [0.2, 0.25) is 6.29 Å². The minimum absolute atomic E-state index is 0. The number of aliphatic carboxylic acids is 1. The standard InChI is InChI=1S/C29H39NO6.Y/c1-3-14-30(15-4-2)22-11-12-24-21(16-22)10-13-25(34-19-20-8-6-5-7-9-20)28(24)36-27-18-23(31)17-26(35-27)29(32)33;/h5-10,13,22-23,26-27,31H,3-4,11-12,14-19H2,1-2H3,(H,32,33);/t22?,23?,26-,27?;/m0./s1. The Labute approximate surface area is 245 Å². The summed E-state index contributed by atoms with van der Waals surface area (Å²) in [5, 5.41) is 19.7. The summed E-state index contributed by atoms with van der Waals surface area (Å²) >= 11 is 0. The minimum Gasteiger partial charge on any atom is -0.485 e. The first-order valence-corrected chi connectivity index (χ1v) is 13.3. The Hall–Kier alpha value is -1.51. The van der Waals surface area contributed by atoms with Crippen molar-refractivity contribution >= 4 is 5.97 Å². The van der Waals surface area contributed by atoms with Gasteiger partial charge in [0.05, 0.1) is 6.10 Å². The van der Waals surface area contributed by atoms with Crippen LogP contribution < -0.4 is 9.47 Å². The zero-order valence-electron chi connectivity index (χ0n) is 22.0. The average molecular weight is 587 g/mol. The van der Waals surface area contributed by atoms with Crippen LogP contribution in [0.4, 0.5) is 0 Å². The first-order chi connectivity index (χ1) is 17.5. The van der Waals surface area contributed by atoms with Gasteiger partial charge in [-0.25, -0.2) is 4.79 Å². The summed E-state index contributed by atoms with van der Waals surface area (Å²) in [5.41, 5.74) is 3.38. The molecule has 3 unspecified atom stereocenters. The zero-order valence-corrected chi connectivity index (χ0v) is 24.8. The van der Waals surface area contributed by atoms with Gasteiger partial charge in [0.25, 0.3) is 0 Å². The molecule has 37 heavy (non-hydrogen) atoms. The van der Waals surface area contributed by atoms with E-state index in [0.717, 1.165) is 56.3 Å². The molecular formula is C29H39NO6Y. The summed E-state index contributed by atoms with van der Waals surface area (Å²) in [6, 6.07) is 14.5. The predicted molar refractivity (Wildman–Crippen MR) is 137 cm³/mol. The van der Waals surface area contributed by atoms with Crippen LogP contribution in [0.2, 0.25) is 0 Å². The number of benzene rings is 2. The summed E-state index contributed by atoms with van der Waals surface area (Å²) in [7, 11) is 0. The Balaban J connectivity index is 0.00000380. The van der Waals surface area contributed by atoms with Crippen molar-refractivity contribution in [1.82, 2.24) is 4.90 Å². The Morgan fingerprint density at radius 1 is 1.08 bits per heavy atom. The average Bonchev–Trinajstić information content (AvgIpc) is 2.88. The maximum absolute atomic E-state index is 11.5. The summed E-state index contributed by atoms with van der Waals surface area (Å²) in [5.74, 6) is 0.140. The molecule has 1 saturated heterocycles. The van der Waals surface area contributed by atoms with Crippen LogP contribution >= 0.6 is 0 Å². The second kappa shape index (κ2) is 14.6. The molecule has 0 aromatic heterocycles. The fraction of sp³-hybridized carbons (Fsp3) is 0.552. The molecule has 1 aliphatic carbocycles. The third kappa shape index (κ3) is 7.99. The topological polar surface area (TPSA) is 88.5 Å². The van der Waals surface area contributed by atoms with Gasteiger partial charge in [-0.1, -0.05) is 50.2 Å². The van der Waals surface area contributed by atoms with Crippen molar-refractivity contribution in [2.24, 2.45) is 0 Å². The SMILES string of the molecule is CCCN(CCC)C1CCc2c(ccc(OCc3ccccc3)c2OC2CC(O)C[C@@H](C(=O)O)O2)C1.[Y]. The van der Waals surface area contributed by atoms with E-state index >= 15 is 0 Å². The molecule has 199 valence electrons. The molecule has 1 aliphatic heterocycles. The molecule has 1 heterocycles. The summed E-state index contributed by atoms with van der Waals surface area (Å²) in [6.45, 7) is 7.04. The van der Waals surface area contributed by atoms with Crippen LogP contribution in [0, 0.1) is 0 Å². The van der Waals surface area contributed by atoms with Gasteiger partial charge in [0, 0.05) is 57.2 Å². The van der Waals surface area contributed by atoms with E-state index in [1.807, 2.05) is 36.4 Å². The largest absolute Gasteiger partial charge is 0.485 e. The van der Waals surface area contributed by atoms with Gasteiger partial charge >= 0.3 is 5.97 Å². The van der Waals surface area contributed by atoms with Crippen LogP contribution in [-0.4, -0.2) is 58.7 Å². The summed E-state index contributed by atoms with van der Waals surface area (Å²) in [4.78, 5) is 14.1. The number of carboxylic acids is 1. The van der Waals surface area contributed by atoms with E-state index in [1.54, 1.807) is 0 Å². The third-order valence-corrected chi connectivity index (χ3v) is 7.07. The van der Waals surface area contributed by atoms with Crippen LogP contribution in [0.25, 0.3) is 0 Å². The van der Waals surface area contributed by atoms with Crippen molar-refractivity contribution in [1.29, 1.82) is 0 Å². The zero-order chi connectivity index (χ0) is 25.5. The molecule has 2 aromatic carbocycles. The number of aliphatic hydroxyl groups is 1. The monoisotopic (exact) mass is 586 g/mol. The molecule has 2 aromatic rings. The second-order valence-electron chi connectivity index (χ2n) is 9.87. The maximum Gasteiger partial charge on any atom is 0.333 e. The van der Waals surface area contributed by atoms with E-state index in [2.05, 4.69) is 24.8 Å². The van der Waals surface area contributed by atoms with E-state index in [0.29, 0.717) is 24.1 Å². The number of ether oxygens (including phenoxy) is 3. The number of rotatable bonds is 11. The van der Waals surface area contributed by atoms with Crippen molar-refractivity contribution in [3.63, 3.8) is 0 Å². The quantitative estimate of drug-likeness (QED) is 0.399. The van der Waals surface area contributed by atoms with Crippen LogP contribution in [-0.2, 0) is 61.7 Å². The Morgan fingerprint density at radius 3 is 2.49 bits per heavy atom. The molecule has 0 spiro atoms. The molecule has 2 N–H and O–H groups in total. The molecule has 4 atom stereocenters. The van der Waals surface area contributed by atoms with Gasteiger partial charge in [-0.05, 0) is 62.4 Å². The van der Waals surface area contributed by atoms with Gasteiger partial charge in [0.15, 0.2) is 17.6 Å². The number of hydrogen-bond acceptors (Lipinski definition) is 6. The molecule has 8 heteroatoms. The number of carbonyl (C=O) groups is 1. The van der Waals surface area contributed by atoms with E-state index in [9.17, 15) is 15.0 Å². The third-order valence-electron chi connectivity index (χ3n) is 7.07. The van der Waals surface area contributed by atoms with Crippen molar-refractivity contribution in [3.8, 4) is 11.5 Å². The van der Waals surface area contributed by atoms with Gasteiger partial charge in [-0.2, -0.15) is 0 Å². The summed E-state index contributed by atoms with van der Waals surface area (Å²) in [6.07, 6.45) is 2.63. The molecule has 1 fully saturated rings. The normalized spacial score (nSPS) is 23.1. The van der Waals surface area contributed by atoms with E-state index in [4.69, 9.17) is 14.2 Å². The van der Waals surface area contributed by atoms with E-state index in [1.165, 1.54) is 5.56 Å². The molecule has 4 rings (SSSR count). The Kier molecular flexibility index (Phi) is 11.8. The minimum atomic E-state index is -1.09. The molecule has 0 bridgehead atoms. The van der Waals surface area contributed by atoms with Crippen LogP contribution in [0.3, 0.4) is 0 Å². The van der Waals surface area contributed by atoms with Gasteiger partial charge < -0.3 is 29.3 Å². The van der Waals surface area contributed by atoms with Crippen molar-refractivity contribution in [2.75, 3.05) is 13.1 Å². The molecule has 7 nitrogen and oxygen atoms in total. The van der Waals surface area contributed by atoms with Crippen LogP contribution in [0.15, 0.2) is 42.5 Å². The maximum atomic E-state index is 11.5. The Morgan fingerprint density at radius 2 is 1.81 bits per heavy atom. The van der Waals surface area contributed by atoms with E-state index in [-0.39, 0.29) is 45.6 Å². The fourth-order valence-electron chi connectivity index (χ4n) is 5.35. The number of fused-ring (bicyclic) bond motifs is 1. The van der Waals surface area contributed by atoms with Gasteiger partial charge in [-0.3, -0.25) is 0 Å². The number of hydrogen-bond donors (Lipinski definition) is 2. The number of carboxylic acid groups (broad SMARTS) is 1. The fourth-order valence-corrected chi connectivity index (χ4v) is 5.35. The summed E-state index contributed by atoms with van der Waals surface area (Å²) < 4.78 is 18.3. The number of nitrogens with zero attached hydrogens (tertiary/aromatic N) is 1. The first-order valence-electron chi connectivity index (χ1n) is 13.3. The van der Waals surface area contributed by atoms with Gasteiger partial charge in [-0.15, -0.1) is 0 Å². The smallest absolute Gasteiger partial charge is 0.333 e. The Bertz CT molecular complexity index is 997. The van der Waals surface area contributed by atoms with Crippen molar-refractivity contribution in [2.45, 2.75) is 89.9 Å². The van der Waals surface area contributed by atoms with Crippen LogP contribution in [0.5, 0.6) is 11.5 Å². The molecule has 0 amide bonds. The first kappa shape index (κ1) is 30.0. The second-order valence-corrected chi connectivity index (χ2v) is 9.87. The van der Waals surface area contributed by atoms with Crippen molar-refractivity contribution < 1.29 is 61.9 Å². The van der Waals surface area contributed by atoms with Gasteiger partial charge in [0.1, 0.15) is 6.61 Å². The number of aliphatic hydroxyl groups excluding tert-OH is 1. The van der Waals surface area contributed by atoms with Crippen molar-refractivity contribution in [3.05, 3.63) is 59.2 Å². The predicted octanol–water partition coefficient (Wildman–Crippen LogP) is 4.57. The van der Waals surface area contributed by atoms with Crippen LogP contribution in [0.1, 0.15) is 62.6 Å². The molecule has 2 aliphatic rings. The molecular weight excluding hydrogens is 547 g/mol. The van der Waals surface area contributed by atoms with E-state index < -0.39 is 24.5 Å². The molecule has 1 radical (unpaired) electrons.